The highest BCUT2D eigenvalue weighted by Crippen LogP contribution is 2.28. The summed E-state index contributed by atoms with van der Waals surface area (Å²) in [5, 5.41) is 2.50. The summed E-state index contributed by atoms with van der Waals surface area (Å²) in [4.78, 5) is 22.9. The zero-order valence-corrected chi connectivity index (χ0v) is 11.9. The standard InChI is InChI=1S/C14H16FNO5/c1-4-21-11-7-5-6-9(15)13(11)16-10(14(18)20-3)8-12(17)19-2/h5-8,16H,4H2,1-3H3/b10-8+. The van der Waals surface area contributed by atoms with Crippen LogP contribution in [0.2, 0.25) is 0 Å². The lowest BCUT2D eigenvalue weighted by Crippen LogP contribution is -2.16. The first-order valence-electron chi connectivity index (χ1n) is 6.09. The van der Waals surface area contributed by atoms with Crippen molar-refractivity contribution < 1.29 is 28.2 Å². The minimum Gasteiger partial charge on any atom is -0.492 e. The summed E-state index contributed by atoms with van der Waals surface area (Å²) in [6.45, 7) is 2.05. The van der Waals surface area contributed by atoms with Gasteiger partial charge >= 0.3 is 11.9 Å². The minimum atomic E-state index is -0.842. The number of nitrogens with one attached hydrogen (secondary N) is 1. The van der Waals surface area contributed by atoms with Gasteiger partial charge in [0, 0.05) is 0 Å². The number of para-hydroxylation sites is 1. The van der Waals surface area contributed by atoms with Crippen LogP contribution in [-0.4, -0.2) is 32.8 Å². The summed E-state index contributed by atoms with van der Waals surface area (Å²) < 4.78 is 28.1. The smallest absolute Gasteiger partial charge is 0.354 e. The van der Waals surface area contributed by atoms with Crippen molar-refractivity contribution in [2.24, 2.45) is 0 Å². The summed E-state index contributed by atoms with van der Waals surface area (Å²) in [7, 11) is 2.29. The zero-order chi connectivity index (χ0) is 15.8. The van der Waals surface area contributed by atoms with Crippen molar-refractivity contribution in [1.29, 1.82) is 0 Å². The lowest BCUT2D eigenvalue weighted by atomic mass is 10.2. The van der Waals surface area contributed by atoms with Crippen molar-refractivity contribution in [2.45, 2.75) is 6.92 Å². The van der Waals surface area contributed by atoms with Crippen LogP contribution >= 0.6 is 0 Å². The number of anilines is 1. The third-order valence-corrected chi connectivity index (χ3v) is 2.40. The molecule has 0 unspecified atom stereocenters. The van der Waals surface area contributed by atoms with Gasteiger partial charge in [-0.2, -0.15) is 0 Å². The van der Waals surface area contributed by atoms with E-state index in [1.807, 2.05) is 0 Å². The van der Waals surface area contributed by atoms with Gasteiger partial charge < -0.3 is 19.5 Å². The third kappa shape index (κ3) is 4.48. The Balaban J connectivity index is 3.17. The zero-order valence-electron chi connectivity index (χ0n) is 11.9. The van der Waals surface area contributed by atoms with E-state index in [1.165, 1.54) is 18.2 Å². The van der Waals surface area contributed by atoms with Gasteiger partial charge in [-0.15, -0.1) is 0 Å². The van der Waals surface area contributed by atoms with E-state index in [2.05, 4.69) is 14.8 Å². The Kier molecular flexibility index (Phi) is 6.19. The number of methoxy groups -OCH3 is 2. The first kappa shape index (κ1) is 16.5. The van der Waals surface area contributed by atoms with E-state index in [0.717, 1.165) is 20.3 Å². The molecule has 21 heavy (non-hydrogen) atoms. The van der Waals surface area contributed by atoms with E-state index in [1.54, 1.807) is 6.92 Å². The van der Waals surface area contributed by atoms with Crippen LogP contribution in [0.4, 0.5) is 10.1 Å². The second kappa shape index (κ2) is 7.88. The van der Waals surface area contributed by atoms with E-state index in [9.17, 15) is 14.0 Å². The van der Waals surface area contributed by atoms with Gasteiger partial charge in [0.1, 0.15) is 23.0 Å². The lowest BCUT2D eigenvalue weighted by molar-refractivity contribution is -0.138. The fraction of sp³-hybridized carbons (Fsp3) is 0.286. The average Bonchev–Trinajstić information content (AvgIpc) is 2.48. The van der Waals surface area contributed by atoms with Crippen molar-refractivity contribution in [2.75, 3.05) is 26.1 Å². The molecule has 0 amide bonds. The molecule has 0 atom stereocenters. The third-order valence-electron chi connectivity index (χ3n) is 2.40. The predicted octanol–water partition coefficient (Wildman–Crippen LogP) is 1.87. The Morgan fingerprint density at radius 1 is 1.29 bits per heavy atom. The van der Waals surface area contributed by atoms with Crippen molar-refractivity contribution in [1.82, 2.24) is 0 Å². The van der Waals surface area contributed by atoms with Crippen LogP contribution in [0.3, 0.4) is 0 Å². The summed E-state index contributed by atoms with van der Waals surface area (Å²) >= 11 is 0. The second-order valence-electron chi connectivity index (χ2n) is 3.74. The highest BCUT2D eigenvalue weighted by Gasteiger charge is 2.17. The fourth-order valence-electron chi connectivity index (χ4n) is 1.47. The molecule has 7 heteroatoms. The van der Waals surface area contributed by atoms with Gasteiger partial charge in [0.05, 0.1) is 26.9 Å². The number of halogens is 1. The number of hydrogen-bond acceptors (Lipinski definition) is 6. The Morgan fingerprint density at radius 3 is 2.57 bits per heavy atom. The van der Waals surface area contributed by atoms with Crippen LogP contribution in [0, 0.1) is 5.82 Å². The van der Waals surface area contributed by atoms with E-state index in [-0.39, 0.29) is 17.1 Å². The SMILES string of the molecule is CCOc1cccc(F)c1N/C(=C/C(=O)OC)C(=O)OC. The van der Waals surface area contributed by atoms with Gasteiger partial charge in [-0.3, -0.25) is 0 Å². The molecule has 1 rings (SSSR count). The number of benzene rings is 1. The Bertz CT molecular complexity index is 556. The summed E-state index contributed by atoms with van der Waals surface area (Å²) in [5.74, 6) is -2.05. The Morgan fingerprint density at radius 2 is 2.00 bits per heavy atom. The van der Waals surface area contributed by atoms with Crippen molar-refractivity contribution in [3.8, 4) is 5.75 Å². The summed E-state index contributed by atoms with van der Waals surface area (Å²) in [6.07, 6.45) is 0.869. The molecular weight excluding hydrogens is 281 g/mol. The molecule has 0 aromatic heterocycles. The minimum absolute atomic E-state index is 0.0695. The average molecular weight is 297 g/mol. The van der Waals surface area contributed by atoms with Crippen molar-refractivity contribution >= 4 is 17.6 Å². The number of carbonyl (C=O) groups excluding carboxylic acids is 2. The number of ether oxygens (including phenoxy) is 3. The number of carbonyl (C=O) groups is 2. The van der Waals surface area contributed by atoms with Gasteiger partial charge in [0.2, 0.25) is 0 Å². The van der Waals surface area contributed by atoms with Crippen LogP contribution in [-0.2, 0) is 19.1 Å². The van der Waals surface area contributed by atoms with E-state index >= 15 is 0 Å². The van der Waals surface area contributed by atoms with E-state index < -0.39 is 17.8 Å². The largest absolute Gasteiger partial charge is 0.492 e. The molecule has 0 radical (unpaired) electrons. The van der Waals surface area contributed by atoms with Gasteiger partial charge in [0.25, 0.3) is 0 Å². The monoisotopic (exact) mass is 297 g/mol. The summed E-state index contributed by atoms with van der Waals surface area (Å²) in [6, 6.07) is 4.19. The molecule has 0 heterocycles. The van der Waals surface area contributed by atoms with Crippen LogP contribution in [0.1, 0.15) is 6.92 Å². The van der Waals surface area contributed by atoms with E-state index in [0.29, 0.717) is 6.61 Å². The lowest BCUT2D eigenvalue weighted by Gasteiger charge is -2.14. The molecule has 1 aromatic carbocycles. The fourth-order valence-corrected chi connectivity index (χ4v) is 1.47. The molecule has 0 saturated heterocycles. The van der Waals surface area contributed by atoms with Crippen LogP contribution in [0.25, 0.3) is 0 Å². The van der Waals surface area contributed by atoms with Gasteiger partial charge in [0.15, 0.2) is 0 Å². The number of rotatable bonds is 6. The molecule has 0 aliphatic carbocycles. The van der Waals surface area contributed by atoms with Crippen molar-refractivity contribution in [3.05, 3.63) is 35.8 Å². The van der Waals surface area contributed by atoms with Crippen LogP contribution in [0.15, 0.2) is 30.0 Å². The molecule has 0 fully saturated rings. The maximum Gasteiger partial charge on any atom is 0.354 e. The maximum atomic E-state index is 13.9. The predicted molar refractivity (Wildman–Crippen MR) is 73.3 cm³/mol. The molecule has 0 spiro atoms. The molecule has 1 aromatic rings. The number of esters is 2. The van der Waals surface area contributed by atoms with Gasteiger partial charge in [-0.1, -0.05) is 6.07 Å². The highest BCUT2D eigenvalue weighted by molar-refractivity contribution is 5.99. The first-order chi connectivity index (χ1) is 10.0. The normalized spacial score (nSPS) is 10.8. The number of hydrogen-bond donors (Lipinski definition) is 1. The topological polar surface area (TPSA) is 73.9 Å². The van der Waals surface area contributed by atoms with Gasteiger partial charge in [-0.05, 0) is 19.1 Å². The molecule has 1 N–H and O–H groups in total. The Labute approximate surface area is 121 Å². The molecule has 6 nitrogen and oxygen atoms in total. The first-order valence-corrected chi connectivity index (χ1v) is 6.09. The maximum absolute atomic E-state index is 13.9. The molecule has 0 bridgehead atoms. The van der Waals surface area contributed by atoms with Crippen LogP contribution in [0.5, 0.6) is 5.75 Å². The highest BCUT2D eigenvalue weighted by atomic mass is 19.1. The molecule has 0 aliphatic rings. The molecule has 0 aliphatic heterocycles. The summed E-state index contributed by atoms with van der Waals surface area (Å²) in [5.41, 5.74) is -0.338. The van der Waals surface area contributed by atoms with E-state index in [4.69, 9.17) is 4.74 Å². The van der Waals surface area contributed by atoms with Crippen LogP contribution < -0.4 is 10.1 Å². The van der Waals surface area contributed by atoms with Crippen molar-refractivity contribution in [3.63, 3.8) is 0 Å². The molecular formula is C14H16FNO5. The van der Waals surface area contributed by atoms with Gasteiger partial charge in [-0.25, -0.2) is 14.0 Å². The quantitative estimate of drug-likeness (QED) is 0.638. The molecule has 0 saturated carbocycles. The molecule has 114 valence electrons. The Hall–Kier alpha value is -2.57. The second-order valence-corrected chi connectivity index (χ2v) is 3.74.